The average molecular weight is 906 g/mol. The van der Waals surface area contributed by atoms with E-state index in [-0.39, 0.29) is 18.3 Å². The number of ketones is 1. The van der Waals surface area contributed by atoms with E-state index in [1.807, 2.05) is 0 Å². The molecule has 1 amide bonds. The molecule has 0 radical (unpaired) electrons. The van der Waals surface area contributed by atoms with Crippen LogP contribution in [0.1, 0.15) is 51.9 Å². The van der Waals surface area contributed by atoms with Crippen molar-refractivity contribution in [3.8, 4) is 0 Å². The van der Waals surface area contributed by atoms with Crippen molar-refractivity contribution in [2.24, 2.45) is 0 Å². The number of amides is 1. The van der Waals surface area contributed by atoms with E-state index < -0.39 is 148 Å². The van der Waals surface area contributed by atoms with Gasteiger partial charge in [-0.1, -0.05) is 0 Å². The summed E-state index contributed by atoms with van der Waals surface area (Å²) in [4.78, 5) is 46.6. The molecule has 20 unspecified atom stereocenters. The van der Waals surface area contributed by atoms with Crippen molar-refractivity contribution < 1.29 is 123 Å². The molecule has 62 heavy (non-hydrogen) atoms. The number of unbranched alkanes of at least 4 members (excludes halogenated alkanes) is 3. The summed E-state index contributed by atoms with van der Waals surface area (Å²) >= 11 is 0. The summed E-state index contributed by atoms with van der Waals surface area (Å²) in [5.41, 5.74) is 0. The summed E-state index contributed by atoms with van der Waals surface area (Å²) in [6.45, 7) is -0.0224. The molecule has 14 N–H and O–H groups in total. The third kappa shape index (κ3) is 13.0. The van der Waals surface area contributed by atoms with Crippen molar-refractivity contribution >= 4 is 23.6 Å². The van der Waals surface area contributed by atoms with Crippen LogP contribution in [0, 0.1) is 0 Å². The highest BCUT2D eigenvalue weighted by atomic mass is 16.8. The molecule has 4 heterocycles. The van der Waals surface area contributed by atoms with Gasteiger partial charge in [0.1, 0.15) is 91.2 Å². The van der Waals surface area contributed by atoms with Crippen LogP contribution in [-0.2, 0) is 57.1 Å². The molecule has 0 saturated carbocycles. The van der Waals surface area contributed by atoms with E-state index in [0.29, 0.717) is 51.5 Å². The number of aliphatic carboxylic acids is 2. The summed E-state index contributed by atoms with van der Waals surface area (Å²) in [5.74, 6) is -3.66. The summed E-state index contributed by atoms with van der Waals surface area (Å²) in [6, 6.07) is 0. The van der Waals surface area contributed by atoms with Gasteiger partial charge in [0, 0.05) is 26.0 Å². The van der Waals surface area contributed by atoms with Gasteiger partial charge < -0.3 is 114 Å². The monoisotopic (exact) mass is 905 g/mol. The topological polar surface area (TPSA) is 417 Å². The Bertz CT molecular complexity index is 1440. The Morgan fingerprint density at radius 1 is 0.500 bits per heavy atom. The largest absolute Gasteiger partial charge is 0.479 e. The Labute approximate surface area is 353 Å². The molecule has 4 aliphatic rings. The van der Waals surface area contributed by atoms with Crippen LogP contribution < -0.4 is 5.32 Å². The fourth-order valence-corrected chi connectivity index (χ4v) is 7.21. The first-order valence-electron chi connectivity index (χ1n) is 20.1. The van der Waals surface area contributed by atoms with E-state index >= 15 is 0 Å². The number of hydrogen-bond donors (Lipinski definition) is 14. The Kier molecular flexibility index (Phi) is 20.1. The highest BCUT2D eigenvalue weighted by Gasteiger charge is 2.57. The van der Waals surface area contributed by atoms with Gasteiger partial charge >= 0.3 is 11.9 Å². The van der Waals surface area contributed by atoms with Crippen LogP contribution in [0.4, 0.5) is 0 Å². The first-order valence-corrected chi connectivity index (χ1v) is 20.1. The van der Waals surface area contributed by atoms with Crippen LogP contribution in [-0.4, -0.2) is 239 Å². The minimum Gasteiger partial charge on any atom is -0.479 e. The fraction of sp³-hybridized carbons (Fsp3) is 0.889. The van der Waals surface area contributed by atoms with Gasteiger partial charge in [-0.15, -0.1) is 0 Å². The lowest BCUT2D eigenvalue weighted by Gasteiger charge is -2.48. The van der Waals surface area contributed by atoms with E-state index in [9.17, 15) is 85.6 Å². The van der Waals surface area contributed by atoms with Gasteiger partial charge in [-0.05, 0) is 39.0 Å². The Morgan fingerprint density at radius 3 is 1.52 bits per heavy atom. The van der Waals surface area contributed by atoms with Crippen molar-refractivity contribution in [2.45, 2.75) is 175 Å². The summed E-state index contributed by atoms with van der Waals surface area (Å²) < 4.78 is 43.6. The molecule has 0 aliphatic carbocycles. The second-order valence-corrected chi connectivity index (χ2v) is 15.4. The van der Waals surface area contributed by atoms with E-state index in [4.69, 9.17) is 37.9 Å². The maximum absolute atomic E-state index is 12.1. The van der Waals surface area contributed by atoms with Crippen molar-refractivity contribution in [3.63, 3.8) is 0 Å². The molecule has 358 valence electrons. The minimum absolute atomic E-state index is 0.0152. The quantitative estimate of drug-likeness (QED) is 0.0449. The molecular formula is C36H59NO25. The van der Waals surface area contributed by atoms with Crippen LogP contribution in [0.15, 0.2) is 0 Å². The molecule has 4 saturated heterocycles. The zero-order chi connectivity index (χ0) is 46.0. The van der Waals surface area contributed by atoms with Gasteiger partial charge in [-0.3, -0.25) is 4.79 Å². The zero-order valence-corrected chi connectivity index (χ0v) is 33.5. The number of carboxylic acids is 2. The lowest BCUT2D eigenvalue weighted by Crippen LogP contribution is -2.68. The molecular weight excluding hydrogens is 846 g/mol. The van der Waals surface area contributed by atoms with Crippen LogP contribution >= 0.6 is 0 Å². The van der Waals surface area contributed by atoms with Crippen molar-refractivity contribution in [2.75, 3.05) is 26.4 Å². The SMILES string of the molecule is CC(=O)CCCCC(=O)NCCCCCOC1OC(CO)C(OC2OC(C(=O)O)C(O)C(OC3OC(CO)C(OC4OC(C(=O)O)C(O)C(O)C4O)C(O)C3O)C2O)C(O)C1O. The zero-order valence-electron chi connectivity index (χ0n) is 33.5. The smallest absolute Gasteiger partial charge is 0.335 e. The van der Waals surface area contributed by atoms with Crippen LogP contribution in [0.2, 0.25) is 0 Å². The molecule has 0 aromatic heterocycles. The fourth-order valence-electron chi connectivity index (χ4n) is 7.21. The maximum Gasteiger partial charge on any atom is 0.335 e. The van der Waals surface area contributed by atoms with Crippen LogP contribution in [0.3, 0.4) is 0 Å². The Balaban J connectivity index is 1.34. The van der Waals surface area contributed by atoms with Gasteiger partial charge in [0.15, 0.2) is 37.4 Å². The van der Waals surface area contributed by atoms with Crippen LogP contribution in [0.5, 0.6) is 0 Å². The predicted octanol–water partition coefficient (Wildman–Crippen LogP) is -7.10. The number of carbonyl (C=O) groups excluding carboxylic acids is 2. The lowest BCUT2D eigenvalue weighted by molar-refractivity contribution is -0.385. The second kappa shape index (κ2) is 24.0. The molecule has 0 spiro atoms. The van der Waals surface area contributed by atoms with Gasteiger partial charge in [0.05, 0.1) is 13.2 Å². The number of Topliss-reactive ketones (excluding diaryl/α,β-unsaturated/α-hetero) is 1. The van der Waals surface area contributed by atoms with Crippen molar-refractivity contribution in [1.82, 2.24) is 5.32 Å². The van der Waals surface area contributed by atoms with Gasteiger partial charge in [0.2, 0.25) is 5.91 Å². The average Bonchev–Trinajstić information content (AvgIpc) is 3.22. The number of nitrogens with one attached hydrogen (secondary N) is 1. The second-order valence-electron chi connectivity index (χ2n) is 15.4. The predicted molar refractivity (Wildman–Crippen MR) is 195 cm³/mol. The van der Waals surface area contributed by atoms with E-state index in [1.54, 1.807) is 0 Å². The summed E-state index contributed by atoms with van der Waals surface area (Å²) in [6.07, 6.45) is -36.6. The molecule has 4 aliphatic heterocycles. The van der Waals surface area contributed by atoms with Gasteiger partial charge in [-0.2, -0.15) is 0 Å². The highest BCUT2D eigenvalue weighted by molar-refractivity contribution is 5.77. The third-order valence-electron chi connectivity index (χ3n) is 10.7. The first-order chi connectivity index (χ1) is 29.3. The number of hydrogen-bond acceptors (Lipinski definition) is 23. The third-order valence-corrected chi connectivity index (χ3v) is 10.7. The normalized spacial score (nSPS) is 41.4. The summed E-state index contributed by atoms with van der Waals surface area (Å²) in [5, 5.41) is 139. The Hall–Kier alpha value is -2.68. The molecule has 0 bridgehead atoms. The number of aliphatic hydroxyl groups is 11. The van der Waals surface area contributed by atoms with E-state index in [2.05, 4.69) is 5.32 Å². The molecule has 0 aromatic rings. The van der Waals surface area contributed by atoms with E-state index in [1.165, 1.54) is 6.92 Å². The van der Waals surface area contributed by atoms with Crippen LogP contribution in [0.25, 0.3) is 0 Å². The van der Waals surface area contributed by atoms with E-state index in [0.717, 1.165) is 0 Å². The first kappa shape index (κ1) is 51.9. The number of aliphatic hydroxyl groups excluding tert-OH is 11. The summed E-state index contributed by atoms with van der Waals surface area (Å²) in [7, 11) is 0. The van der Waals surface area contributed by atoms with Gasteiger partial charge in [0.25, 0.3) is 0 Å². The molecule has 20 atom stereocenters. The standard InChI is InChI=1S/C36H59NO25/c1-13(40)7-3-4-8-16(41)37-9-5-2-6-10-55-33-22(47)19(44)26(14(11-38)56-33)59-36-25(50)28(24(49)30(62-36)32(53)54)60-34-23(48)20(45)27(15(12-39)57-34)58-35-21(46)17(42)18(43)29(61-35)31(51)52/h14-15,17-30,33-36,38-39,42-50H,2-12H2,1H3,(H,37,41)(H,51,52)(H,53,54). The van der Waals surface area contributed by atoms with Crippen molar-refractivity contribution in [3.05, 3.63) is 0 Å². The van der Waals surface area contributed by atoms with Gasteiger partial charge in [-0.25, -0.2) is 9.59 Å². The number of rotatable bonds is 22. The van der Waals surface area contributed by atoms with Crippen molar-refractivity contribution in [1.29, 1.82) is 0 Å². The lowest BCUT2D eigenvalue weighted by atomic mass is 9.95. The Morgan fingerprint density at radius 2 is 0.968 bits per heavy atom. The molecule has 4 fully saturated rings. The number of ether oxygens (including phenoxy) is 8. The molecule has 26 heteroatoms. The number of carboxylic acid groups (broad SMARTS) is 2. The minimum atomic E-state index is -2.27. The molecule has 4 rings (SSSR count). The maximum atomic E-state index is 12.1. The molecule has 26 nitrogen and oxygen atoms in total. The molecule has 0 aromatic carbocycles. The number of carbonyl (C=O) groups is 4. The highest BCUT2D eigenvalue weighted by Crippen LogP contribution is 2.34.